The van der Waals surface area contributed by atoms with E-state index in [9.17, 15) is 14.7 Å². The molecule has 6 heteroatoms. The van der Waals surface area contributed by atoms with Crippen molar-refractivity contribution in [1.82, 2.24) is 15.2 Å². The number of nitrogens with one attached hydrogen (secondary N) is 2. The van der Waals surface area contributed by atoms with Crippen LogP contribution in [0.25, 0.3) is 0 Å². The Hall–Kier alpha value is -1.82. The number of carbonyl (C=O) groups is 1. The summed E-state index contributed by atoms with van der Waals surface area (Å²) in [5, 5.41) is 12.8. The van der Waals surface area contributed by atoms with Crippen LogP contribution in [0.15, 0.2) is 16.9 Å². The number of hydrogen-bond donors (Lipinski definition) is 3. The van der Waals surface area contributed by atoms with Gasteiger partial charge in [0, 0.05) is 25.2 Å². The van der Waals surface area contributed by atoms with Crippen LogP contribution in [0.1, 0.15) is 36.5 Å². The number of piperidine rings is 1. The van der Waals surface area contributed by atoms with E-state index < -0.39 is 5.56 Å². The van der Waals surface area contributed by atoms with Crippen molar-refractivity contribution in [3.05, 3.63) is 28.0 Å². The van der Waals surface area contributed by atoms with Gasteiger partial charge >= 0.3 is 0 Å². The Morgan fingerprint density at radius 2 is 2.10 bits per heavy atom. The molecule has 21 heavy (non-hydrogen) atoms. The Morgan fingerprint density at radius 3 is 2.71 bits per heavy atom. The SMILES string of the molecule is CCCN(CC1CCNCC1)C(=O)c1cc(O)[nH]c(=O)c1. The first-order chi connectivity index (χ1) is 10.1. The highest BCUT2D eigenvalue weighted by atomic mass is 16.3. The van der Waals surface area contributed by atoms with Crippen molar-refractivity contribution in [2.45, 2.75) is 26.2 Å². The summed E-state index contributed by atoms with van der Waals surface area (Å²) in [6, 6.07) is 2.56. The average molecular weight is 293 g/mol. The Balaban J connectivity index is 2.12. The lowest BCUT2D eigenvalue weighted by atomic mass is 9.97. The van der Waals surface area contributed by atoms with Gasteiger partial charge in [0.15, 0.2) is 5.88 Å². The summed E-state index contributed by atoms with van der Waals surface area (Å²) in [6.07, 6.45) is 2.99. The van der Waals surface area contributed by atoms with Crippen molar-refractivity contribution in [2.75, 3.05) is 26.2 Å². The number of aromatic nitrogens is 1. The molecular formula is C15H23N3O3. The molecule has 0 bridgehead atoms. The van der Waals surface area contributed by atoms with Crippen LogP contribution >= 0.6 is 0 Å². The van der Waals surface area contributed by atoms with Crippen molar-refractivity contribution in [3.8, 4) is 5.88 Å². The molecule has 1 fully saturated rings. The van der Waals surface area contributed by atoms with Crippen LogP contribution in [0.2, 0.25) is 0 Å². The van der Waals surface area contributed by atoms with E-state index in [1.54, 1.807) is 4.90 Å². The summed E-state index contributed by atoms with van der Waals surface area (Å²) in [5.41, 5.74) is -0.213. The highest BCUT2D eigenvalue weighted by molar-refractivity contribution is 5.94. The minimum atomic E-state index is -0.461. The molecule has 1 aromatic heterocycles. The van der Waals surface area contributed by atoms with Gasteiger partial charge in [0.2, 0.25) is 0 Å². The zero-order valence-corrected chi connectivity index (χ0v) is 12.4. The summed E-state index contributed by atoms with van der Waals surface area (Å²) < 4.78 is 0. The zero-order valence-electron chi connectivity index (χ0n) is 12.4. The van der Waals surface area contributed by atoms with Crippen LogP contribution in [0.4, 0.5) is 0 Å². The van der Waals surface area contributed by atoms with E-state index >= 15 is 0 Å². The van der Waals surface area contributed by atoms with Gasteiger partial charge in [0.1, 0.15) is 0 Å². The molecule has 0 radical (unpaired) electrons. The number of amides is 1. The fraction of sp³-hybridized carbons (Fsp3) is 0.600. The molecule has 6 nitrogen and oxygen atoms in total. The minimum Gasteiger partial charge on any atom is -0.494 e. The highest BCUT2D eigenvalue weighted by Gasteiger charge is 2.21. The fourth-order valence-corrected chi connectivity index (χ4v) is 2.76. The van der Waals surface area contributed by atoms with E-state index in [0.29, 0.717) is 19.0 Å². The molecule has 1 aliphatic heterocycles. The normalized spacial score (nSPS) is 15.9. The van der Waals surface area contributed by atoms with Gasteiger partial charge in [-0.1, -0.05) is 6.92 Å². The van der Waals surface area contributed by atoms with Gasteiger partial charge in [-0.25, -0.2) is 0 Å². The summed E-state index contributed by atoms with van der Waals surface area (Å²) in [7, 11) is 0. The van der Waals surface area contributed by atoms with Crippen molar-refractivity contribution in [2.24, 2.45) is 5.92 Å². The van der Waals surface area contributed by atoms with Crippen LogP contribution in [-0.4, -0.2) is 47.1 Å². The van der Waals surface area contributed by atoms with Crippen molar-refractivity contribution in [3.63, 3.8) is 0 Å². The predicted molar refractivity (Wildman–Crippen MR) is 80.5 cm³/mol. The first-order valence-corrected chi connectivity index (χ1v) is 7.53. The lowest BCUT2D eigenvalue weighted by Gasteiger charge is -2.30. The lowest BCUT2D eigenvalue weighted by molar-refractivity contribution is 0.0715. The molecule has 0 spiro atoms. The van der Waals surface area contributed by atoms with E-state index in [1.807, 2.05) is 6.92 Å². The summed E-state index contributed by atoms with van der Waals surface area (Å²) in [6.45, 7) is 5.38. The molecule has 1 amide bonds. The highest BCUT2D eigenvalue weighted by Crippen LogP contribution is 2.16. The molecule has 116 valence electrons. The average Bonchev–Trinajstić information content (AvgIpc) is 2.46. The van der Waals surface area contributed by atoms with Gasteiger partial charge in [-0.3, -0.25) is 14.6 Å². The largest absolute Gasteiger partial charge is 0.494 e. The zero-order chi connectivity index (χ0) is 15.2. The summed E-state index contributed by atoms with van der Waals surface area (Å²) in [4.78, 5) is 28.0. The second-order valence-electron chi connectivity index (χ2n) is 5.56. The van der Waals surface area contributed by atoms with Gasteiger partial charge < -0.3 is 15.3 Å². The Bertz CT molecular complexity index is 535. The third-order valence-electron chi connectivity index (χ3n) is 3.80. The smallest absolute Gasteiger partial charge is 0.254 e. The molecule has 0 aromatic carbocycles. The molecule has 0 aliphatic carbocycles. The van der Waals surface area contributed by atoms with Crippen LogP contribution in [0, 0.1) is 5.92 Å². The van der Waals surface area contributed by atoms with Crippen molar-refractivity contribution < 1.29 is 9.90 Å². The van der Waals surface area contributed by atoms with Gasteiger partial charge in [-0.15, -0.1) is 0 Å². The summed E-state index contributed by atoms with van der Waals surface area (Å²) in [5.74, 6) is 0.0401. The van der Waals surface area contributed by atoms with Crippen molar-refractivity contribution >= 4 is 5.91 Å². The Labute approximate surface area is 124 Å². The summed E-state index contributed by atoms with van der Waals surface area (Å²) >= 11 is 0. The number of pyridine rings is 1. The molecule has 1 aromatic rings. The third kappa shape index (κ3) is 4.32. The molecule has 2 rings (SSSR count). The molecule has 0 saturated carbocycles. The van der Waals surface area contributed by atoms with E-state index in [-0.39, 0.29) is 17.4 Å². The first-order valence-electron chi connectivity index (χ1n) is 7.53. The topological polar surface area (TPSA) is 85.4 Å². The van der Waals surface area contributed by atoms with Crippen LogP contribution in [0.3, 0.4) is 0 Å². The molecule has 3 N–H and O–H groups in total. The van der Waals surface area contributed by atoms with Crippen LogP contribution in [0.5, 0.6) is 5.88 Å². The number of aromatic hydroxyl groups is 1. The molecule has 1 saturated heterocycles. The number of nitrogens with zero attached hydrogens (tertiary/aromatic N) is 1. The lowest BCUT2D eigenvalue weighted by Crippen LogP contribution is -2.40. The quantitative estimate of drug-likeness (QED) is 0.754. The van der Waals surface area contributed by atoms with Crippen LogP contribution < -0.4 is 10.9 Å². The number of hydrogen-bond acceptors (Lipinski definition) is 4. The second kappa shape index (κ2) is 7.26. The first kappa shape index (κ1) is 15.6. The molecule has 0 atom stereocenters. The molecule has 1 aliphatic rings. The van der Waals surface area contributed by atoms with E-state index in [0.717, 1.165) is 32.4 Å². The maximum Gasteiger partial charge on any atom is 0.254 e. The third-order valence-corrected chi connectivity index (χ3v) is 3.80. The molecule has 0 unspecified atom stereocenters. The molecular weight excluding hydrogens is 270 g/mol. The minimum absolute atomic E-state index is 0.184. The molecule has 2 heterocycles. The van der Waals surface area contributed by atoms with Gasteiger partial charge in [0.05, 0.1) is 5.56 Å². The predicted octanol–water partition coefficient (Wildman–Crippen LogP) is 0.932. The monoisotopic (exact) mass is 293 g/mol. The van der Waals surface area contributed by atoms with E-state index in [1.165, 1.54) is 12.1 Å². The second-order valence-corrected chi connectivity index (χ2v) is 5.56. The Morgan fingerprint density at radius 1 is 1.38 bits per heavy atom. The van der Waals surface area contributed by atoms with Gasteiger partial charge in [-0.05, 0) is 38.3 Å². The number of H-pyrrole nitrogens is 1. The fourth-order valence-electron chi connectivity index (χ4n) is 2.76. The van der Waals surface area contributed by atoms with Crippen LogP contribution in [-0.2, 0) is 0 Å². The number of rotatable bonds is 5. The van der Waals surface area contributed by atoms with E-state index in [2.05, 4.69) is 10.3 Å². The standard InChI is InChI=1S/C15H23N3O3/c1-2-7-18(10-11-3-5-16-6-4-11)15(21)12-8-13(19)17-14(20)9-12/h8-9,11,16H,2-7,10H2,1H3,(H2,17,19,20). The Kier molecular flexibility index (Phi) is 5.38. The van der Waals surface area contributed by atoms with E-state index in [4.69, 9.17) is 0 Å². The number of aromatic amines is 1. The maximum absolute atomic E-state index is 12.6. The van der Waals surface area contributed by atoms with Gasteiger partial charge in [-0.2, -0.15) is 0 Å². The van der Waals surface area contributed by atoms with Gasteiger partial charge in [0.25, 0.3) is 11.5 Å². The number of carbonyl (C=O) groups excluding carboxylic acids is 1. The maximum atomic E-state index is 12.6. The van der Waals surface area contributed by atoms with Crippen molar-refractivity contribution in [1.29, 1.82) is 0 Å².